The molecule has 3 rings (SSSR count). The molecule has 0 aromatic heterocycles. The van der Waals surface area contributed by atoms with Gasteiger partial charge in [-0.25, -0.2) is 8.42 Å². The quantitative estimate of drug-likeness (QED) is 0.429. The van der Waals surface area contributed by atoms with Gasteiger partial charge in [0.15, 0.2) is 0 Å². The summed E-state index contributed by atoms with van der Waals surface area (Å²) in [6, 6.07) is 18.4. The fourth-order valence-electron chi connectivity index (χ4n) is 2.74. The van der Waals surface area contributed by atoms with E-state index in [9.17, 15) is 13.2 Å². The minimum atomic E-state index is -3.57. The van der Waals surface area contributed by atoms with Crippen molar-refractivity contribution < 1.29 is 13.2 Å². The normalized spacial score (nSPS) is 11.2. The summed E-state index contributed by atoms with van der Waals surface area (Å²) in [5, 5.41) is 3.72. The number of nitrogens with one attached hydrogen (secondary N) is 1. The number of benzene rings is 3. The van der Waals surface area contributed by atoms with Crippen LogP contribution in [0.3, 0.4) is 0 Å². The van der Waals surface area contributed by atoms with Gasteiger partial charge in [0.05, 0.1) is 23.5 Å². The lowest BCUT2D eigenvalue weighted by Gasteiger charge is -2.23. The van der Waals surface area contributed by atoms with Crippen LogP contribution in [0.25, 0.3) is 0 Å². The standard InChI is InChI=1S/C21H17BrCl2N2O3S/c1-30(28,29)26(13-15-4-2-3-5-19(15)23)17-9-6-14(7-10-17)21(27)25-16-8-11-18(22)20(24)12-16/h2-12H,13H2,1H3,(H,25,27). The molecule has 0 aliphatic heterocycles. The molecule has 0 atom stereocenters. The summed E-state index contributed by atoms with van der Waals surface area (Å²) >= 11 is 15.5. The number of carbonyl (C=O) groups is 1. The first-order valence-corrected chi connectivity index (χ1v) is 12.1. The van der Waals surface area contributed by atoms with E-state index in [0.717, 1.165) is 10.7 Å². The van der Waals surface area contributed by atoms with E-state index in [4.69, 9.17) is 23.2 Å². The average Bonchev–Trinajstić information content (AvgIpc) is 2.69. The summed E-state index contributed by atoms with van der Waals surface area (Å²) in [6.45, 7) is 0.0848. The third kappa shape index (κ3) is 5.55. The van der Waals surface area contributed by atoms with Crippen LogP contribution < -0.4 is 9.62 Å². The fraction of sp³-hybridized carbons (Fsp3) is 0.0952. The van der Waals surface area contributed by atoms with Gasteiger partial charge in [-0.15, -0.1) is 0 Å². The molecule has 0 saturated heterocycles. The molecule has 0 bridgehead atoms. The smallest absolute Gasteiger partial charge is 0.255 e. The molecule has 0 radical (unpaired) electrons. The molecule has 3 aromatic carbocycles. The Morgan fingerprint density at radius 1 is 1.00 bits per heavy atom. The molecule has 5 nitrogen and oxygen atoms in total. The topological polar surface area (TPSA) is 66.5 Å². The third-order valence-corrected chi connectivity index (χ3v) is 7.01. The Bertz CT molecular complexity index is 1190. The van der Waals surface area contributed by atoms with Crippen LogP contribution in [0.5, 0.6) is 0 Å². The minimum Gasteiger partial charge on any atom is -0.322 e. The molecule has 1 amide bonds. The summed E-state index contributed by atoms with van der Waals surface area (Å²) in [5.41, 5.74) is 2.04. The van der Waals surface area contributed by atoms with Crippen LogP contribution in [0, 0.1) is 0 Å². The Labute approximate surface area is 193 Å². The van der Waals surface area contributed by atoms with Gasteiger partial charge in [-0.2, -0.15) is 0 Å². The van der Waals surface area contributed by atoms with Crippen molar-refractivity contribution in [3.8, 4) is 0 Å². The Kier molecular flexibility index (Phi) is 7.08. The molecule has 1 N–H and O–H groups in total. The molecule has 0 aliphatic rings. The van der Waals surface area contributed by atoms with Crippen LogP contribution in [0.1, 0.15) is 15.9 Å². The number of rotatable bonds is 6. The fourth-order valence-corrected chi connectivity index (χ4v) is 4.24. The molecule has 0 saturated carbocycles. The van der Waals surface area contributed by atoms with Crippen molar-refractivity contribution in [1.29, 1.82) is 0 Å². The molecular formula is C21H17BrCl2N2O3S. The van der Waals surface area contributed by atoms with Crippen LogP contribution in [-0.2, 0) is 16.6 Å². The first-order chi connectivity index (χ1) is 14.1. The molecule has 0 fully saturated rings. The second-order valence-corrected chi connectivity index (χ2v) is 10.1. The largest absolute Gasteiger partial charge is 0.322 e. The van der Waals surface area contributed by atoms with Gasteiger partial charge in [0.1, 0.15) is 0 Å². The van der Waals surface area contributed by atoms with Gasteiger partial charge in [0, 0.05) is 20.7 Å². The summed E-state index contributed by atoms with van der Waals surface area (Å²) < 4.78 is 26.7. The Morgan fingerprint density at radius 3 is 2.27 bits per heavy atom. The second-order valence-electron chi connectivity index (χ2n) is 6.49. The maximum absolute atomic E-state index is 12.5. The highest BCUT2D eigenvalue weighted by Crippen LogP contribution is 2.27. The molecule has 0 heterocycles. The molecule has 0 aliphatic carbocycles. The van der Waals surface area contributed by atoms with E-state index in [1.807, 2.05) is 0 Å². The van der Waals surface area contributed by atoms with Crippen molar-refractivity contribution in [3.63, 3.8) is 0 Å². The van der Waals surface area contributed by atoms with Gasteiger partial charge in [0.25, 0.3) is 5.91 Å². The molecule has 3 aromatic rings. The molecule has 9 heteroatoms. The zero-order valence-electron chi connectivity index (χ0n) is 15.8. The lowest BCUT2D eigenvalue weighted by Crippen LogP contribution is -2.29. The van der Waals surface area contributed by atoms with Crippen molar-refractivity contribution in [3.05, 3.63) is 92.4 Å². The number of nitrogens with zero attached hydrogens (tertiary/aromatic N) is 1. The Morgan fingerprint density at radius 2 is 1.67 bits per heavy atom. The summed E-state index contributed by atoms with van der Waals surface area (Å²) in [6.07, 6.45) is 1.13. The van der Waals surface area contributed by atoms with Crippen LogP contribution in [0.2, 0.25) is 10.0 Å². The second kappa shape index (κ2) is 9.39. The van der Waals surface area contributed by atoms with E-state index in [-0.39, 0.29) is 12.5 Å². The van der Waals surface area contributed by atoms with E-state index >= 15 is 0 Å². The summed E-state index contributed by atoms with van der Waals surface area (Å²) in [4.78, 5) is 12.5. The molecule has 156 valence electrons. The number of hydrogen-bond acceptors (Lipinski definition) is 3. The zero-order chi connectivity index (χ0) is 21.9. The zero-order valence-corrected chi connectivity index (χ0v) is 19.7. The highest BCUT2D eigenvalue weighted by molar-refractivity contribution is 9.10. The van der Waals surface area contributed by atoms with Crippen molar-refractivity contribution in [2.75, 3.05) is 15.9 Å². The number of anilines is 2. The van der Waals surface area contributed by atoms with Crippen molar-refractivity contribution >= 4 is 66.4 Å². The minimum absolute atomic E-state index is 0.0848. The highest BCUT2D eigenvalue weighted by Gasteiger charge is 2.19. The maximum atomic E-state index is 12.5. The van der Waals surface area contributed by atoms with Crippen molar-refractivity contribution in [2.45, 2.75) is 6.54 Å². The number of halogens is 3. The van der Waals surface area contributed by atoms with Crippen LogP contribution in [0.15, 0.2) is 71.2 Å². The third-order valence-electron chi connectivity index (χ3n) is 4.27. The van der Waals surface area contributed by atoms with E-state index in [2.05, 4.69) is 21.2 Å². The SMILES string of the molecule is CS(=O)(=O)N(Cc1ccccc1Cl)c1ccc(C(=O)Nc2ccc(Br)c(Cl)c2)cc1. The van der Waals surface area contributed by atoms with Crippen LogP contribution >= 0.6 is 39.1 Å². The number of hydrogen-bond donors (Lipinski definition) is 1. The number of amides is 1. The molecule has 30 heavy (non-hydrogen) atoms. The lowest BCUT2D eigenvalue weighted by atomic mass is 10.1. The Balaban J connectivity index is 1.81. The first-order valence-electron chi connectivity index (χ1n) is 8.73. The van der Waals surface area contributed by atoms with Gasteiger partial charge >= 0.3 is 0 Å². The van der Waals surface area contributed by atoms with Crippen LogP contribution in [-0.4, -0.2) is 20.6 Å². The predicted octanol–water partition coefficient (Wildman–Crippen LogP) is 5.97. The molecule has 0 unspecified atom stereocenters. The lowest BCUT2D eigenvalue weighted by molar-refractivity contribution is 0.102. The van der Waals surface area contributed by atoms with E-state index < -0.39 is 10.0 Å². The maximum Gasteiger partial charge on any atom is 0.255 e. The van der Waals surface area contributed by atoms with Gasteiger partial charge in [0.2, 0.25) is 10.0 Å². The van der Waals surface area contributed by atoms with Crippen molar-refractivity contribution in [2.24, 2.45) is 0 Å². The van der Waals surface area contributed by atoms with E-state index in [1.54, 1.807) is 66.7 Å². The van der Waals surface area contributed by atoms with E-state index in [0.29, 0.717) is 32.5 Å². The molecule has 0 spiro atoms. The summed E-state index contributed by atoms with van der Waals surface area (Å²) in [7, 11) is -3.57. The van der Waals surface area contributed by atoms with Gasteiger partial charge in [-0.1, -0.05) is 41.4 Å². The monoisotopic (exact) mass is 526 g/mol. The van der Waals surface area contributed by atoms with Gasteiger partial charge < -0.3 is 5.32 Å². The van der Waals surface area contributed by atoms with E-state index in [1.165, 1.54) is 4.31 Å². The van der Waals surface area contributed by atoms with Gasteiger partial charge in [-0.3, -0.25) is 9.10 Å². The van der Waals surface area contributed by atoms with Crippen molar-refractivity contribution in [1.82, 2.24) is 0 Å². The van der Waals surface area contributed by atoms with Crippen LogP contribution in [0.4, 0.5) is 11.4 Å². The average molecular weight is 528 g/mol. The molecular weight excluding hydrogens is 511 g/mol. The first kappa shape index (κ1) is 22.6. The summed E-state index contributed by atoms with van der Waals surface area (Å²) in [5.74, 6) is -0.336. The predicted molar refractivity (Wildman–Crippen MR) is 126 cm³/mol. The highest BCUT2D eigenvalue weighted by atomic mass is 79.9. The Hall–Kier alpha value is -2.06. The van der Waals surface area contributed by atoms with Gasteiger partial charge in [-0.05, 0) is 70.0 Å². The number of carbonyl (C=O) groups excluding carboxylic acids is 1. The number of sulfonamides is 1.